The van der Waals surface area contributed by atoms with E-state index in [0.29, 0.717) is 11.4 Å². The Morgan fingerprint density at radius 2 is 2.21 bits per heavy atom. The van der Waals surface area contributed by atoms with Gasteiger partial charge in [-0.2, -0.15) is 0 Å². The van der Waals surface area contributed by atoms with Crippen molar-refractivity contribution in [2.75, 3.05) is 12.3 Å². The Labute approximate surface area is 112 Å². The van der Waals surface area contributed by atoms with Crippen LogP contribution >= 0.6 is 0 Å². The van der Waals surface area contributed by atoms with E-state index in [2.05, 4.69) is 10.3 Å². The first-order chi connectivity index (χ1) is 9.22. The molecule has 1 aliphatic rings. The number of rotatable bonds is 5. The quantitative estimate of drug-likeness (QED) is 0.569. The zero-order valence-electron chi connectivity index (χ0n) is 10.9. The predicted octanol–water partition coefficient (Wildman–Crippen LogP) is 2.67. The predicted molar refractivity (Wildman–Crippen MR) is 77.0 cm³/mol. The largest absolute Gasteiger partial charge is 0.399 e. The van der Waals surface area contributed by atoms with Gasteiger partial charge in [0.05, 0.1) is 0 Å². The summed E-state index contributed by atoms with van der Waals surface area (Å²) in [4.78, 5) is 15.1. The zero-order chi connectivity index (χ0) is 13.2. The van der Waals surface area contributed by atoms with Gasteiger partial charge < -0.3 is 16.0 Å². The van der Waals surface area contributed by atoms with Crippen LogP contribution in [0.3, 0.4) is 0 Å². The van der Waals surface area contributed by atoms with Crippen molar-refractivity contribution < 1.29 is 4.79 Å². The second kappa shape index (κ2) is 4.96. The summed E-state index contributed by atoms with van der Waals surface area (Å²) >= 11 is 0. The number of nitrogen functional groups attached to an aromatic ring is 1. The Bertz CT molecular complexity index is 598. The second-order valence-corrected chi connectivity index (χ2v) is 5.37. The summed E-state index contributed by atoms with van der Waals surface area (Å²) < 4.78 is 0. The molecule has 1 aromatic carbocycles. The van der Waals surface area contributed by atoms with Crippen LogP contribution in [-0.2, 0) is 0 Å². The molecule has 0 radical (unpaired) electrons. The molecule has 1 aromatic heterocycles. The molecular formula is C15H19N3O. The van der Waals surface area contributed by atoms with Gasteiger partial charge in [0.15, 0.2) is 0 Å². The Morgan fingerprint density at radius 3 is 3.00 bits per heavy atom. The Hall–Kier alpha value is -1.97. The number of anilines is 1. The Morgan fingerprint density at radius 1 is 1.37 bits per heavy atom. The van der Waals surface area contributed by atoms with E-state index >= 15 is 0 Å². The summed E-state index contributed by atoms with van der Waals surface area (Å²) in [6.07, 6.45) is 5.06. The van der Waals surface area contributed by atoms with Crippen LogP contribution in [0.25, 0.3) is 10.9 Å². The molecule has 0 aliphatic heterocycles. The maximum absolute atomic E-state index is 12.0. The fourth-order valence-corrected chi connectivity index (χ4v) is 2.37. The summed E-state index contributed by atoms with van der Waals surface area (Å²) in [5, 5.41) is 3.93. The van der Waals surface area contributed by atoms with E-state index in [1.165, 1.54) is 19.3 Å². The fraction of sp³-hybridized carbons (Fsp3) is 0.400. The molecule has 1 heterocycles. The molecule has 1 fully saturated rings. The van der Waals surface area contributed by atoms with Crippen molar-refractivity contribution in [3.05, 3.63) is 30.0 Å². The van der Waals surface area contributed by atoms with Gasteiger partial charge in [-0.3, -0.25) is 4.79 Å². The van der Waals surface area contributed by atoms with E-state index in [0.717, 1.165) is 29.8 Å². The number of nitrogens with one attached hydrogen (secondary N) is 2. The van der Waals surface area contributed by atoms with Crippen molar-refractivity contribution in [2.24, 2.45) is 5.92 Å². The summed E-state index contributed by atoms with van der Waals surface area (Å²) in [6.45, 7) is 0.757. The minimum Gasteiger partial charge on any atom is -0.399 e. The highest BCUT2D eigenvalue weighted by Gasteiger charge is 2.20. The number of amides is 1. The molecule has 2 aromatic rings. The molecule has 3 rings (SSSR count). The van der Waals surface area contributed by atoms with Crippen LogP contribution in [0, 0.1) is 5.92 Å². The van der Waals surface area contributed by atoms with E-state index < -0.39 is 0 Å². The van der Waals surface area contributed by atoms with Crippen molar-refractivity contribution in [3.63, 3.8) is 0 Å². The molecule has 0 unspecified atom stereocenters. The first-order valence-corrected chi connectivity index (χ1v) is 6.89. The molecule has 0 atom stereocenters. The second-order valence-electron chi connectivity index (χ2n) is 5.37. The third-order valence-electron chi connectivity index (χ3n) is 3.66. The van der Waals surface area contributed by atoms with Crippen molar-refractivity contribution in [3.8, 4) is 0 Å². The first-order valence-electron chi connectivity index (χ1n) is 6.89. The number of carbonyl (C=O) groups excluding carboxylic acids is 1. The van der Waals surface area contributed by atoms with E-state index in [1.807, 2.05) is 24.3 Å². The lowest BCUT2D eigenvalue weighted by Gasteiger charge is -2.02. The van der Waals surface area contributed by atoms with E-state index in [9.17, 15) is 4.79 Å². The van der Waals surface area contributed by atoms with Gasteiger partial charge >= 0.3 is 0 Å². The summed E-state index contributed by atoms with van der Waals surface area (Å²) in [5.41, 5.74) is 7.98. The van der Waals surface area contributed by atoms with Crippen molar-refractivity contribution in [2.45, 2.75) is 25.7 Å². The number of fused-ring (bicyclic) bond motifs is 1. The zero-order valence-corrected chi connectivity index (χ0v) is 10.9. The summed E-state index contributed by atoms with van der Waals surface area (Å²) in [6, 6.07) is 7.45. The lowest BCUT2D eigenvalue weighted by atomic mass is 10.2. The molecule has 1 saturated carbocycles. The smallest absolute Gasteiger partial charge is 0.267 e. The van der Waals surface area contributed by atoms with Crippen LogP contribution in [0.2, 0.25) is 0 Å². The Kier molecular flexibility index (Phi) is 3.15. The molecule has 100 valence electrons. The van der Waals surface area contributed by atoms with Crippen LogP contribution in [0.4, 0.5) is 5.69 Å². The number of carbonyl (C=O) groups is 1. The maximum Gasteiger partial charge on any atom is 0.267 e. The van der Waals surface area contributed by atoms with Gasteiger partial charge in [0, 0.05) is 23.1 Å². The molecule has 1 aliphatic carbocycles. The number of H-pyrrole nitrogens is 1. The SMILES string of the molecule is Nc1ccc2[nH]c(C(=O)NCCCC3CC3)cc2c1. The third kappa shape index (κ3) is 2.89. The van der Waals surface area contributed by atoms with Gasteiger partial charge in [-0.15, -0.1) is 0 Å². The molecule has 0 spiro atoms. The molecule has 19 heavy (non-hydrogen) atoms. The van der Waals surface area contributed by atoms with Crippen LogP contribution in [-0.4, -0.2) is 17.4 Å². The van der Waals surface area contributed by atoms with Gasteiger partial charge in [0.2, 0.25) is 0 Å². The van der Waals surface area contributed by atoms with Crippen LogP contribution in [0.5, 0.6) is 0 Å². The van der Waals surface area contributed by atoms with Gasteiger partial charge in [0.1, 0.15) is 5.69 Å². The normalized spacial score (nSPS) is 14.7. The molecular weight excluding hydrogens is 238 g/mol. The molecule has 4 heteroatoms. The van der Waals surface area contributed by atoms with Crippen LogP contribution < -0.4 is 11.1 Å². The number of aromatic amines is 1. The van der Waals surface area contributed by atoms with Gasteiger partial charge in [-0.25, -0.2) is 0 Å². The maximum atomic E-state index is 12.0. The lowest BCUT2D eigenvalue weighted by molar-refractivity contribution is 0.0948. The number of aromatic nitrogens is 1. The van der Waals surface area contributed by atoms with E-state index in [4.69, 9.17) is 5.73 Å². The van der Waals surface area contributed by atoms with Crippen LogP contribution in [0.15, 0.2) is 24.3 Å². The highest BCUT2D eigenvalue weighted by Crippen LogP contribution is 2.33. The average molecular weight is 257 g/mol. The fourth-order valence-electron chi connectivity index (χ4n) is 2.37. The number of benzene rings is 1. The minimum absolute atomic E-state index is 0.0365. The van der Waals surface area contributed by atoms with Crippen molar-refractivity contribution in [1.82, 2.24) is 10.3 Å². The minimum atomic E-state index is -0.0365. The molecule has 0 bridgehead atoms. The van der Waals surface area contributed by atoms with E-state index in [-0.39, 0.29) is 5.91 Å². The molecule has 1 amide bonds. The molecule has 0 saturated heterocycles. The summed E-state index contributed by atoms with van der Waals surface area (Å²) in [7, 11) is 0. The number of nitrogens with two attached hydrogens (primary N) is 1. The third-order valence-corrected chi connectivity index (χ3v) is 3.66. The highest BCUT2D eigenvalue weighted by atomic mass is 16.1. The summed E-state index contributed by atoms with van der Waals surface area (Å²) in [5.74, 6) is 0.888. The molecule has 4 nitrogen and oxygen atoms in total. The molecule has 4 N–H and O–H groups in total. The lowest BCUT2D eigenvalue weighted by Crippen LogP contribution is -2.24. The highest BCUT2D eigenvalue weighted by molar-refractivity contribution is 5.98. The number of hydrogen-bond acceptors (Lipinski definition) is 2. The first kappa shape index (κ1) is 12.1. The topological polar surface area (TPSA) is 70.9 Å². The Balaban J connectivity index is 1.60. The average Bonchev–Trinajstić information content (AvgIpc) is 3.12. The van der Waals surface area contributed by atoms with Crippen LogP contribution in [0.1, 0.15) is 36.2 Å². The van der Waals surface area contributed by atoms with Gasteiger partial charge in [-0.1, -0.05) is 12.8 Å². The standard InChI is InChI=1S/C15H19N3O/c16-12-5-6-13-11(8-12)9-14(18-13)15(19)17-7-1-2-10-3-4-10/h5-6,8-10,18H,1-4,7,16H2,(H,17,19). The van der Waals surface area contributed by atoms with Gasteiger partial charge in [0.25, 0.3) is 5.91 Å². The van der Waals surface area contributed by atoms with E-state index in [1.54, 1.807) is 0 Å². The van der Waals surface area contributed by atoms with Crippen molar-refractivity contribution in [1.29, 1.82) is 0 Å². The number of hydrogen-bond donors (Lipinski definition) is 3. The van der Waals surface area contributed by atoms with Crippen molar-refractivity contribution >= 4 is 22.5 Å². The monoisotopic (exact) mass is 257 g/mol. The van der Waals surface area contributed by atoms with Gasteiger partial charge in [-0.05, 0) is 43.0 Å².